The molecule has 1 aromatic heterocycles. The quantitative estimate of drug-likeness (QED) is 0.610. The standard InChI is InChI=1S/C9H7NS/c1-2-4-8(5-3-1)9-6-10-11-7-9/h1-7H/p+1. The van der Waals surface area contributed by atoms with Crippen LogP contribution < -0.4 is 4.37 Å². The van der Waals surface area contributed by atoms with Crippen LogP contribution in [0.3, 0.4) is 0 Å². The van der Waals surface area contributed by atoms with Gasteiger partial charge >= 0.3 is 0 Å². The highest BCUT2D eigenvalue weighted by molar-refractivity contribution is 6.99. The van der Waals surface area contributed by atoms with Crippen LogP contribution in [0.25, 0.3) is 11.1 Å². The Morgan fingerprint density at radius 1 is 1.00 bits per heavy atom. The number of benzene rings is 1. The monoisotopic (exact) mass is 162 g/mol. The van der Waals surface area contributed by atoms with Crippen molar-refractivity contribution in [2.45, 2.75) is 0 Å². The Kier molecular flexibility index (Phi) is 1.69. The lowest BCUT2D eigenvalue weighted by molar-refractivity contribution is -0.288. The van der Waals surface area contributed by atoms with Crippen molar-refractivity contribution in [3.05, 3.63) is 41.9 Å². The molecular formula is C9H8NS+. The van der Waals surface area contributed by atoms with E-state index in [-0.39, 0.29) is 0 Å². The number of hydrogen-bond donors (Lipinski definition) is 0. The van der Waals surface area contributed by atoms with E-state index in [9.17, 15) is 0 Å². The molecule has 0 amide bonds. The molecular weight excluding hydrogens is 154 g/mol. The van der Waals surface area contributed by atoms with Gasteiger partial charge in [0.05, 0.1) is 10.9 Å². The number of hydrogen-bond acceptors (Lipinski definition) is 1. The van der Waals surface area contributed by atoms with Crippen molar-refractivity contribution in [3.8, 4) is 11.1 Å². The molecule has 1 nitrogen and oxygen atoms in total. The lowest BCUT2D eigenvalue weighted by Gasteiger charge is -1.90. The van der Waals surface area contributed by atoms with Gasteiger partial charge in [-0.1, -0.05) is 30.3 Å². The second-order valence-corrected chi connectivity index (χ2v) is 3.03. The topological polar surface area (TPSA) is 14.1 Å². The van der Waals surface area contributed by atoms with Gasteiger partial charge in [0.15, 0.2) is 6.20 Å². The Labute approximate surface area is 69.5 Å². The van der Waals surface area contributed by atoms with E-state index in [1.165, 1.54) is 11.1 Å². The molecule has 0 bridgehead atoms. The van der Waals surface area contributed by atoms with E-state index in [2.05, 4.69) is 21.9 Å². The van der Waals surface area contributed by atoms with E-state index in [4.69, 9.17) is 0 Å². The molecule has 2 heteroatoms. The summed E-state index contributed by atoms with van der Waals surface area (Å²) in [7, 11) is 0. The van der Waals surface area contributed by atoms with E-state index >= 15 is 0 Å². The minimum atomic E-state index is 1.26. The van der Waals surface area contributed by atoms with Crippen LogP contribution in [-0.2, 0) is 0 Å². The van der Waals surface area contributed by atoms with Gasteiger partial charge in [-0.05, 0) is 5.56 Å². The fourth-order valence-electron chi connectivity index (χ4n) is 1.01. The van der Waals surface area contributed by atoms with Gasteiger partial charge in [-0.25, -0.2) is 0 Å². The third kappa shape index (κ3) is 1.30. The van der Waals surface area contributed by atoms with Crippen molar-refractivity contribution in [3.63, 3.8) is 0 Å². The first-order valence-electron chi connectivity index (χ1n) is 3.47. The molecule has 0 unspecified atom stereocenters. The average Bonchev–Trinajstić information content (AvgIpc) is 2.58. The Morgan fingerprint density at radius 3 is 2.45 bits per heavy atom. The van der Waals surface area contributed by atoms with Crippen molar-refractivity contribution in [1.82, 2.24) is 0 Å². The third-order valence-electron chi connectivity index (χ3n) is 1.58. The zero-order chi connectivity index (χ0) is 7.52. The maximum absolute atomic E-state index is 3.07. The maximum atomic E-state index is 3.07. The molecule has 0 aliphatic carbocycles. The Balaban J connectivity index is 2.46. The predicted octanol–water partition coefficient (Wildman–Crippen LogP) is 2.23. The Hall–Kier alpha value is -1.15. The van der Waals surface area contributed by atoms with Gasteiger partial charge in [0, 0.05) is 0 Å². The molecule has 0 aliphatic rings. The number of aromatic amines is 1. The van der Waals surface area contributed by atoms with Gasteiger partial charge in [-0.3, -0.25) is 0 Å². The molecule has 0 fully saturated rings. The molecule has 54 valence electrons. The SMILES string of the molecule is c1ccc(-c2c[nH+]sc2)cc1. The van der Waals surface area contributed by atoms with Crippen LogP contribution >= 0.6 is 11.5 Å². The van der Waals surface area contributed by atoms with Crippen molar-refractivity contribution in [2.24, 2.45) is 0 Å². The molecule has 2 aromatic rings. The summed E-state index contributed by atoms with van der Waals surface area (Å²) < 4.78 is 3.07. The summed E-state index contributed by atoms with van der Waals surface area (Å²) in [6, 6.07) is 10.3. The lowest BCUT2D eigenvalue weighted by Crippen LogP contribution is -1.84. The van der Waals surface area contributed by atoms with Crippen molar-refractivity contribution < 1.29 is 4.37 Å². The number of H-pyrrole nitrogens is 1. The van der Waals surface area contributed by atoms with E-state index in [1.807, 2.05) is 24.4 Å². The van der Waals surface area contributed by atoms with Gasteiger partial charge in [0.2, 0.25) is 0 Å². The highest BCUT2D eigenvalue weighted by Crippen LogP contribution is 2.17. The smallest absolute Gasteiger partial charge is 0.154 e. The summed E-state index contributed by atoms with van der Waals surface area (Å²) in [6.07, 6.45) is 2.01. The zero-order valence-corrected chi connectivity index (χ0v) is 6.77. The summed E-state index contributed by atoms with van der Waals surface area (Å²) in [5.41, 5.74) is 2.53. The molecule has 0 saturated carbocycles. The fourth-order valence-corrected chi connectivity index (χ4v) is 1.61. The number of aromatic nitrogens is 1. The molecule has 0 aliphatic heterocycles. The molecule has 11 heavy (non-hydrogen) atoms. The average molecular weight is 162 g/mol. The largest absolute Gasteiger partial charge is 0.189 e. The summed E-state index contributed by atoms with van der Waals surface area (Å²) in [4.78, 5) is 0. The normalized spacial score (nSPS) is 9.82. The molecule has 1 aromatic carbocycles. The number of nitrogens with one attached hydrogen (secondary N) is 1. The van der Waals surface area contributed by atoms with E-state index in [0.29, 0.717) is 0 Å². The summed E-state index contributed by atoms with van der Waals surface area (Å²) in [6.45, 7) is 0. The van der Waals surface area contributed by atoms with Crippen LogP contribution in [0.15, 0.2) is 41.9 Å². The number of rotatable bonds is 1. The molecule has 0 spiro atoms. The van der Waals surface area contributed by atoms with Crippen LogP contribution in [-0.4, -0.2) is 0 Å². The summed E-state index contributed by atoms with van der Waals surface area (Å²) >= 11 is 1.61. The minimum absolute atomic E-state index is 1.26. The van der Waals surface area contributed by atoms with Gasteiger partial charge in [0.1, 0.15) is 11.5 Å². The zero-order valence-electron chi connectivity index (χ0n) is 5.95. The summed E-state index contributed by atoms with van der Waals surface area (Å²) in [5.74, 6) is 0. The lowest BCUT2D eigenvalue weighted by atomic mass is 10.1. The molecule has 1 N–H and O–H groups in total. The second-order valence-electron chi connectivity index (χ2n) is 2.32. The van der Waals surface area contributed by atoms with Crippen molar-refractivity contribution in [2.75, 3.05) is 0 Å². The van der Waals surface area contributed by atoms with Crippen molar-refractivity contribution >= 4 is 11.5 Å². The molecule has 0 saturated heterocycles. The first-order chi connectivity index (χ1) is 5.47. The van der Waals surface area contributed by atoms with Crippen LogP contribution in [0, 0.1) is 0 Å². The highest BCUT2D eigenvalue weighted by Gasteiger charge is 1.99. The van der Waals surface area contributed by atoms with E-state index in [1.54, 1.807) is 11.5 Å². The maximum Gasteiger partial charge on any atom is 0.189 e. The van der Waals surface area contributed by atoms with Crippen LogP contribution in [0.4, 0.5) is 0 Å². The molecule has 2 rings (SSSR count). The Bertz CT molecular complexity index is 313. The van der Waals surface area contributed by atoms with Gasteiger partial charge in [0.25, 0.3) is 0 Å². The minimum Gasteiger partial charge on any atom is -0.154 e. The summed E-state index contributed by atoms with van der Waals surface area (Å²) in [5, 5.41) is 2.11. The van der Waals surface area contributed by atoms with Crippen LogP contribution in [0.1, 0.15) is 0 Å². The van der Waals surface area contributed by atoms with E-state index in [0.717, 1.165) is 0 Å². The van der Waals surface area contributed by atoms with Crippen LogP contribution in [0.2, 0.25) is 0 Å². The predicted molar refractivity (Wildman–Crippen MR) is 46.3 cm³/mol. The molecule has 1 heterocycles. The van der Waals surface area contributed by atoms with E-state index < -0.39 is 0 Å². The first kappa shape index (κ1) is 6.55. The fraction of sp³-hybridized carbons (Fsp3) is 0. The second kappa shape index (κ2) is 2.84. The Morgan fingerprint density at radius 2 is 1.82 bits per heavy atom. The van der Waals surface area contributed by atoms with Gasteiger partial charge < -0.3 is 0 Å². The van der Waals surface area contributed by atoms with Gasteiger partial charge in [-0.2, -0.15) is 4.37 Å². The highest BCUT2D eigenvalue weighted by atomic mass is 32.1. The molecule has 0 radical (unpaired) electrons. The van der Waals surface area contributed by atoms with Crippen molar-refractivity contribution in [1.29, 1.82) is 0 Å². The van der Waals surface area contributed by atoms with Crippen LogP contribution in [0.5, 0.6) is 0 Å². The van der Waals surface area contributed by atoms with Gasteiger partial charge in [-0.15, -0.1) is 0 Å². The third-order valence-corrected chi connectivity index (χ3v) is 2.20. The first-order valence-corrected chi connectivity index (χ1v) is 4.35. The molecule has 0 atom stereocenters.